The molecule has 0 radical (unpaired) electrons. The molecule has 0 atom stereocenters. The van der Waals surface area contributed by atoms with E-state index in [4.69, 9.17) is 17.3 Å². The van der Waals surface area contributed by atoms with Crippen LogP contribution in [-0.4, -0.2) is 39.9 Å². The van der Waals surface area contributed by atoms with Crippen molar-refractivity contribution in [1.82, 2.24) is 19.9 Å². The number of nitrogens with two attached hydrogens (primary N) is 1. The van der Waals surface area contributed by atoms with E-state index in [0.717, 1.165) is 5.56 Å². The van der Waals surface area contributed by atoms with E-state index in [1.54, 1.807) is 50.9 Å². The molecule has 0 bridgehead atoms. The molecular formula is C21H17ClFN5O. The van der Waals surface area contributed by atoms with Gasteiger partial charge in [0.2, 0.25) is 0 Å². The maximum atomic E-state index is 13.7. The zero-order valence-corrected chi connectivity index (χ0v) is 16.5. The van der Waals surface area contributed by atoms with Gasteiger partial charge in [-0.1, -0.05) is 23.7 Å². The van der Waals surface area contributed by atoms with E-state index in [1.165, 1.54) is 17.0 Å². The third-order valence-corrected chi connectivity index (χ3v) is 5.03. The summed E-state index contributed by atoms with van der Waals surface area (Å²) in [4.78, 5) is 25.5. The Bertz CT molecular complexity index is 1250. The number of nitrogens with one attached hydrogen (secondary N) is 1. The summed E-state index contributed by atoms with van der Waals surface area (Å²) in [6.45, 7) is 0. The largest absolute Gasteiger partial charge is 0.383 e. The third kappa shape index (κ3) is 3.30. The first kappa shape index (κ1) is 18.9. The first-order chi connectivity index (χ1) is 13.9. The van der Waals surface area contributed by atoms with Crippen molar-refractivity contribution in [3.05, 3.63) is 65.3 Å². The van der Waals surface area contributed by atoms with Gasteiger partial charge in [0.25, 0.3) is 5.91 Å². The number of anilines is 1. The molecule has 4 aromatic rings. The van der Waals surface area contributed by atoms with Gasteiger partial charge in [0, 0.05) is 54.8 Å². The number of fused-ring (bicyclic) bond motifs is 1. The number of hydrogen-bond donors (Lipinski definition) is 2. The Morgan fingerprint density at radius 1 is 1.14 bits per heavy atom. The van der Waals surface area contributed by atoms with Gasteiger partial charge in [-0.25, -0.2) is 14.4 Å². The predicted octanol–water partition coefficient (Wildman–Crippen LogP) is 4.37. The molecule has 0 aliphatic rings. The van der Waals surface area contributed by atoms with Crippen LogP contribution in [0, 0.1) is 5.82 Å². The number of carbonyl (C=O) groups is 1. The monoisotopic (exact) mass is 409 g/mol. The van der Waals surface area contributed by atoms with Crippen LogP contribution in [0.5, 0.6) is 0 Å². The lowest BCUT2D eigenvalue weighted by Gasteiger charge is -2.13. The molecule has 3 heterocycles. The van der Waals surface area contributed by atoms with Gasteiger partial charge in [-0.3, -0.25) is 4.79 Å². The molecule has 1 amide bonds. The molecule has 6 nitrogen and oxygen atoms in total. The highest BCUT2D eigenvalue weighted by Crippen LogP contribution is 2.39. The average Bonchev–Trinajstić information content (AvgIpc) is 3.13. The minimum Gasteiger partial charge on any atom is -0.383 e. The first-order valence-electron chi connectivity index (χ1n) is 8.76. The van der Waals surface area contributed by atoms with E-state index in [2.05, 4.69) is 15.0 Å². The minimum absolute atomic E-state index is 0.139. The smallest absolute Gasteiger partial charge is 0.257 e. The lowest BCUT2D eigenvalue weighted by atomic mass is 10.0. The zero-order valence-electron chi connectivity index (χ0n) is 15.7. The van der Waals surface area contributed by atoms with E-state index in [0.29, 0.717) is 32.7 Å². The molecule has 0 saturated heterocycles. The Balaban J connectivity index is 1.90. The van der Waals surface area contributed by atoms with Gasteiger partial charge >= 0.3 is 0 Å². The van der Waals surface area contributed by atoms with Crippen molar-refractivity contribution in [2.24, 2.45) is 0 Å². The van der Waals surface area contributed by atoms with E-state index >= 15 is 0 Å². The number of rotatable bonds is 3. The van der Waals surface area contributed by atoms with Crippen LogP contribution in [0.25, 0.3) is 33.3 Å². The number of benzene rings is 1. The summed E-state index contributed by atoms with van der Waals surface area (Å²) < 4.78 is 13.7. The number of amides is 1. The number of nitrogens with zero attached hydrogens (tertiary/aromatic N) is 3. The number of aromatic amines is 1. The SMILES string of the molecule is CN(C)C(=O)c1cc(-c2cnc3[nH]cc(-c4cccc(F)c4)c3c2Cl)cnc1N. The highest BCUT2D eigenvalue weighted by molar-refractivity contribution is 6.39. The molecule has 0 aliphatic carbocycles. The van der Waals surface area contributed by atoms with Gasteiger partial charge in [-0.05, 0) is 23.8 Å². The molecular weight excluding hydrogens is 393 g/mol. The van der Waals surface area contributed by atoms with Crippen molar-refractivity contribution in [2.45, 2.75) is 0 Å². The summed E-state index contributed by atoms with van der Waals surface area (Å²) in [5.74, 6) is -0.463. The quantitative estimate of drug-likeness (QED) is 0.526. The van der Waals surface area contributed by atoms with Crippen molar-refractivity contribution in [3.63, 3.8) is 0 Å². The second-order valence-corrected chi connectivity index (χ2v) is 7.16. The Morgan fingerprint density at radius 3 is 2.66 bits per heavy atom. The summed E-state index contributed by atoms with van der Waals surface area (Å²) in [5, 5.41) is 1.08. The lowest BCUT2D eigenvalue weighted by molar-refractivity contribution is 0.0828. The zero-order chi connectivity index (χ0) is 20.7. The van der Waals surface area contributed by atoms with Gasteiger partial charge in [0.15, 0.2) is 0 Å². The fraction of sp³-hybridized carbons (Fsp3) is 0.0952. The van der Waals surface area contributed by atoms with Gasteiger partial charge in [-0.2, -0.15) is 0 Å². The van der Waals surface area contributed by atoms with Crippen molar-refractivity contribution in [1.29, 1.82) is 0 Å². The van der Waals surface area contributed by atoms with E-state index in [-0.39, 0.29) is 23.1 Å². The lowest BCUT2D eigenvalue weighted by Crippen LogP contribution is -2.23. The van der Waals surface area contributed by atoms with Crippen molar-refractivity contribution in [3.8, 4) is 22.3 Å². The Kier molecular flexibility index (Phi) is 4.68. The minimum atomic E-state index is -0.341. The summed E-state index contributed by atoms with van der Waals surface area (Å²) >= 11 is 6.74. The number of H-pyrrole nitrogens is 1. The fourth-order valence-electron chi connectivity index (χ4n) is 3.18. The van der Waals surface area contributed by atoms with Gasteiger partial charge in [-0.15, -0.1) is 0 Å². The van der Waals surface area contributed by atoms with Gasteiger partial charge in [0.1, 0.15) is 17.3 Å². The van der Waals surface area contributed by atoms with Crippen LogP contribution in [-0.2, 0) is 0 Å². The van der Waals surface area contributed by atoms with Crippen LogP contribution in [0.3, 0.4) is 0 Å². The molecule has 0 spiro atoms. The molecule has 1 aromatic carbocycles. The predicted molar refractivity (Wildman–Crippen MR) is 112 cm³/mol. The maximum absolute atomic E-state index is 13.7. The van der Waals surface area contributed by atoms with Crippen LogP contribution in [0.1, 0.15) is 10.4 Å². The van der Waals surface area contributed by atoms with Gasteiger partial charge < -0.3 is 15.6 Å². The van der Waals surface area contributed by atoms with Crippen LogP contribution < -0.4 is 5.73 Å². The highest BCUT2D eigenvalue weighted by Gasteiger charge is 2.19. The number of carbonyl (C=O) groups excluding carboxylic acids is 1. The standard InChI is InChI=1S/C21H17ClFN5O/c1-28(2)21(29)14-7-12(8-25-19(14)24)16-10-27-20-17(18(16)22)15(9-26-20)11-4-3-5-13(23)6-11/h3-10H,1-2H3,(H2,24,25)(H,26,27). The molecule has 0 saturated carbocycles. The molecule has 0 fully saturated rings. The summed E-state index contributed by atoms with van der Waals surface area (Å²) in [6.07, 6.45) is 4.89. The topological polar surface area (TPSA) is 87.9 Å². The number of aromatic nitrogens is 3. The number of pyridine rings is 2. The van der Waals surface area contributed by atoms with E-state index < -0.39 is 0 Å². The maximum Gasteiger partial charge on any atom is 0.257 e. The first-order valence-corrected chi connectivity index (χ1v) is 9.13. The number of hydrogen-bond acceptors (Lipinski definition) is 4. The van der Waals surface area contributed by atoms with E-state index in [1.807, 2.05) is 0 Å². The molecule has 0 unspecified atom stereocenters. The fourth-order valence-corrected chi connectivity index (χ4v) is 3.53. The summed E-state index contributed by atoms with van der Waals surface area (Å²) in [7, 11) is 3.28. The average molecular weight is 410 g/mol. The Labute approximate surface area is 171 Å². The Morgan fingerprint density at radius 2 is 1.93 bits per heavy atom. The second kappa shape index (κ2) is 7.18. The normalized spacial score (nSPS) is 11.0. The van der Waals surface area contributed by atoms with Crippen molar-refractivity contribution >= 4 is 34.4 Å². The molecule has 29 heavy (non-hydrogen) atoms. The Hall–Kier alpha value is -3.45. The highest BCUT2D eigenvalue weighted by atomic mass is 35.5. The molecule has 3 aromatic heterocycles. The third-order valence-electron chi connectivity index (χ3n) is 4.64. The molecule has 4 rings (SSSR count). The molecule has 0 aliphatic heterocycles. The molecule has 8 heteroatoms. The van der Waals surface area contributed by atoms with Crippen molar-refractivity contribution in [2.75, 3.05) is 19.8 Å². The number of halogens is 2. The van der Waals surface area contributed by atoms with Gasteiger partial charge in [0.05, 0.1) is 10.6 Å². The van der Waals surface area contributed by atoms with Crippen LogP contribution in [0.2, 0.25) is 5.02 Å². The molecule has 3 N–H and O–H groups in total. The summed E-state index contributed by atoms with van der Waals surface area (Å²) in [6, 6.07) is 7.90. The summed E-state index contributed by atoms with van der Waals surface area (Å²) in [5.41, 5.74) is 9.35. The second-order valence-electron chi connectivity index (χ2n) is 6.78. The number of nitrogen functional groups attached to an aromatic ring is 1. The van der Waals surface area contributed by atoms with Crippen LogP contribution in [0.4, 0.5) is 10.2 Å². The van der Waals surface area contributed by atoms with Crippen LogP contribution >= 0.6 is 11.6 Å². The molecule has 146 valence electrons. The van der Waals surface area contributed by atoms with Crippen LogP contribution in [0.15, 0.2) is 48.9 Å². The van der Waals surface area contributed by atoms with Crippen molar-refractivity contribution < 1.29 is 9.18 Å². The van der Waals surface area contributed by atoms with E-state index in [9.17, 15) is 9.18 Å².